The smallest absolute Gasteiger partial charge is 0.254 e. The summed E-state index contributed by atoms with van der Waals surface area (Å²) in [6.45, 7) is 2.38. The molecule has 142 valence electrons. The number of aryl methyl sites for hydroxylation is 2. The van der Waals surface area contributed by atoms with E-state index in [1.807, 2.05) is 31.2 Å². The number of carbonyl (C=O) groups excluding carboxylic acids is 2. The lowest BCUT2D eigenvalue weighted by atomic mass is 9.90. The van der Waals surface area contributed by atoms with Crippen molar-refractivity contribution in [2.45, 2.75) is 32.6 Å². The molecule has 1 aliphatic carbocycles. The SMILES string of the molecule is CCN(CC(=O)Nc1cccc(OC)c1)C(=O)c1ccc2c(c1)CCCC2. The number of rotatable bonds is 6. The number of nitrogens with zero attached hydrogens (tertiary/aromatic N) is 1. The molecular formula is C22H26N2O3. The number of hydrogen-bond donors (Lipinski definition) is 1. The quantitative estimate of drug-likeness (QED) is 0.848. The van der Waals surface area contributed by atoms with Crippen molar-refractivity contribution in [3.05, 3.63) is 59.2 Å². The predicted octanol–water partition coefficient (Wildman–Crippen LogP) is 3.67. The summed E-state index contributed by atoms with van der Waals surface area (Å²) < 4.78 is 5.16. The van der Waals surface area contributed by atoms with Gasteiger partial charge in [-0.3, -0.25) is 9.59 Å². The van der Waals surface area contributed by atoms with Crippen molar-refractivity contribution in [2.24, 2.45) is 0 Å². The zero-order valence-corrected chi connectivity index (χ0v) is 16.0. The first-order valence-corrected chi connectivity index (χ1v) is 9.45. The van der Waals surface area contributed by atoms with Gasteiger partial charge in [-0.1, -0.05) is 12.1 Å². The number of fused-ring (bicyclic) bond motifs is 1. The molecule has 0 heterocycles. The first kappa shape index (κ1) is 19.0. The third kappa shape index (κ3) is 4.67. The Kier molecular flexibility index (Phi) is 6.12. The van der Waals surface area contributed by atoms with E-state index in [0.717, 1.165) is 12.8 Å². The van der Waals surface area contributed by atoms with Crippen LogP contribution in [-0.4, -0.2) is 36.9 Å². The van der Waals surface area contributed by atoms with Gasteiger partial charge >= 0.3 is 0 Å². The van der Waals surface area contributed by atoms with E-state index in [0.29, 0.717) is 23.5 Å². The van der Waals surface area contributed by atoms with Gasteiger partial charge < -0.3 is 15.0 Å². The van der Waals surface area contributed by atoms with Crippen LogP contribution in [0.2, 0.25) is 0 Å². The van der Waals surface area contributed by atoms with E-state index in [1.165, 1.54) is 24.0 Å². The molecule has 5 nitrogen and oxygen atoms in total. The fourth-order valence-corrected chi connectivity index (χ4v) is 3.45. The van der Waals surface area contributed by atoms with Gasteiger partial charge in [0.2, 0.25) is 5.91 Å². The topological polar surface area (TPSA) is 58.6 Å². The summed E-state index contributed by atoms with van der Waals surface area (Å²) in [7, 11) is 1.58. The average Bonchev–Trinajstić information content (AvgIpc) is 2.71. The second kappa shape index (κ2) is 8.71. The summed E-state index contributed by atoms with van der Waals surface area (Å²) in [6.07, 6.45) is 4.50. The largest absolute Gasteiger partial charge is 0.497 e. The van der Waals surface area contributed by atoms with Gasteiger partial charge in [-0.05, 0) is 68.0 Å². The molecule has 0 radical (unpaired) electrons. The van der Waals surface area contributed by atoms with Crippen LogP contribution in [-0.2, 0) is 17.6 Å². The number of carbonyl (C=O) groups is 2. The number of likely N-dealkylation sites (N-methyl/N-ethyl adjacent to an activating group) is 1. The highest BCUT2D eigenvalue weighted by Crippen LogP contribution is 2.23. The van der Waals surface area contributed by atoms with Crippen molar-refractivity contribution >= 4 is 17.5 Å². The van der Waals surface area contributed by atoms with Gasteiger partial charge in [0.05, 0.1) is 7.11 Å². The van der Waals surface area contributed by atoms with E-state index in [9.17, 15) is 9.59 Å². The minimum Gasteiger partial charge on any atom is -0.497 e. The van der Waals surface area contributed by atoms with E-state index in [-0.39, 0.29) is 18.4 Å². The molecule has 0 aliphatic heterocycles. The third-order valence-corrected chi connectivity index (χ3v) is 4.95. The van der Waals surface area contributed by atoms with Crippen LogP contribution in [0.4, 0.5) is 5.69 Å². The lowest BCUT2D eigenvalue weighted by molar-refractivity contribution is -0.116. The highest BCUT2D eigenvalue weighted by Gasteiger charge is 2.19. The number of amides is 2. The second-order valence-corrected chi connectivity index (χ2v) is 6.79. The van der Waals surface area contributed by atoms with Crippen molar-refractivity contribution in [1.82, 2.24) is 4.90 Å². The molecule has 2 amide bonds. The fraction of sp³-hybridized carbons (Fsp3) is 0.364. The van der Waals surface area contributed by atoms with Crippen LogP contribution >= 0.6 is 0 Å². The Morgan fingerprint density at radius 3 is 2.59 bits per heavy atom. The molecule has 27 heavy (non-hydrogen) atoms. The summed E-state index contributed by atoms with van der Waals surface area (Å²) in [6, 6.07) is 13.1. The molecular weight excluding hydrogens is 340 g/mol. The van der Waals surface area contributed by atoms with Crippen molar-refractivity contribution in [1.29, 1.82) is 0 Å². The van der Waals surface area contributed by atoms with Gasteiger partial charge in [0.15, 0.2) is 0 Å². The lowest BCUT2D eigenvalue weighted by Gasteiger charge is -2.22. The van der Waals surface area contributed by atoms with E-state index in [4.69, 9.17) is 4.74 Å². The van der Waals surface area contributed by atoms with E-state index < -0.39 is 0 Å². The number of nitrogens with one attached hydrogen (secondary N) is 1. The minimum absolute atomic E-state index is 0.0175. The Balaban J connectivity index is 1.67. The molecule has 0 atom stereocenters. The average molecular weight is 366 g/mol. The molecule has 2 aromatic rings. The first-order valence-electron chi connectivity index (χ1n) is 9.45. The lowest BCUT2D eigenvalue weighted by Crippen LogP contribution is -2.38. The maximum Gasteiger partial charge on any atom is 0.254 e. The zero-order chi connectivity index (χ0) is 19.2. The molecule has 2 aromatic carbocycles. The van der Waals surface area contributed by atoms with Crippen LogP contribution in [0.1, 0.15) is 41.3 Å². The van der Waals surface area contributed by atoms with Gasteiger partial charge in [-0.2, -0.15) is 0 Å². The van der Waals surface area contributed by atoms with Crippen LogP contribution in [0.25, 0.3) is 0 Å². The summed E-state index contributed by atoms with van der Waals surface area (Å²) in [5, 5.41) is 2.82. The van der Waals surface area contributed by atoms with Gasteiger partial charge in [0.25, 0.3) is 5.91 Å². The molecule has 0 bridgehead atoms. The number of methoxy groups -OCH3 is 1. The van der Waals surface area contributed by atoms with Crippen molar-refractivity contribution in [3.8, 4) is 5.75 Å². The van der Waals surface area contributed by atoms with E-state index in [2.05, 4.69) is 11.4 Å². The van der Waals surface area contributed by atoms with Gasteiger partial charge in [0, 0.05) is 23.9 Å². The van der Waals surface area contributed by atoms with Gasteiger partial charge in [-0.15, -0.1) is 0 Å². The normalized spacial score (nSPS) is 12.8. The molecule has 0 unspecified atom stereocenters. The molecule has 0 saturated carbocycles. The molecule has 5 heteroatoms. The van der Waals surface area contributed by atoms with Gasteiger partial charge in [0.1, 0.15) is 12.3 Å². The number of hydrogen-bond acceptors (Lipinski definition) is 3. The number of ether oxygens (including phenoxy) is 1. The molecule has 0 fully saturated rings. The molecule has 0 spiro atoms. The minimum atomic E-state index is -0.226. The Labute approximate surface area is 160 Å². The van der Waals surface area contributed by atoms with E-state index >= 15 is 0 Å². The van der Waals surface area contributed by atoms with Crippen molar-refractivity contribution in [3.63, 3.8) is 0 Å². The third-order valence-electron chi connectivity index (χ3n) is 4.95. The Hall–Kier alpha value is -2.82. The van der Waals surface area contributed by atoms with Crippen LogP contribution in [0, 0.1) is 0 Å². The van der Waals surface area contributed by atoms with Crippen LogP contribution < -0.4 is 10.1 Å². The van der Waals surface area contributed by atoms with Crippen LogP contribution in [0.5, 0.6) is 5.75 Å². The molecule has 3 rings (SSSR count). The summed E-state index contributed by atoms with van der Waals surface area (Å²) in [4.78, 5) is 26.8. The Morgan fingerprint density at radius 2 is 1.85 bits per heavy atom. The van der Waals surface area contributed by atoms with Crippen LogP contribution in [0.3, 0.4) is 0 Å². The molecule has 1 N–H and O–H groups in total. The maximum atomic E-state index is 12.9. The van der Waals surface area contributed by atoms with Crippen molar-refractivity contribution in [2.75, 3.05) is 25.5 Å². The van der Waals surface area contributed by atoms with Crippen LogP contribution in [0.15, 0.2) is 42.5 Å². The summed E-state index contributed by atoms with van der Waals surface area (Å²) in [5.74, 6) is 0.341. The zero-order valence-electron chi connectivity index (χ0n) is 16.0. The Morgan fingerprint density at radius 1 is 1.07 bits per heavy atom. The maximum absolute atomic E-state index is 12.9. The highest BCUT2D eigenvalue weighted by atomic mass is 16.5. The molecule has 0 aromatic heterocycles. The molecule has 0 saturated heterocycles. The van der Waals surface area contributed by atoms with Gasteiger partial charge in [-0.25, -0.2) is 0 Å². The predicted molar refractivity (Wildman–Crippen MR) is 106 cm³/mol. The summed E-state index contributed by atoms with van der Waals surface area (Å²) >= 11 is 0. The monoisotopic (exact) mass is 366 g/mol. The molecule has 1 aliphatic rings. The summed E-state index contributed by atoms with van der Waals surface area (Å²) in [5.41, 5.74) is 3.92. The fourth-order valence-electron chi connectivity index (χ4n) is 3.45. The first-order chi connectivity index (χ1) is 13.1. The second-order valence-electron chi connectivity index (χ2n) is 6.79. The van der Waals surface area contributed by atoms with E-state index in [1.54, 1.807) is 24.1 Å². The highest BCUT2D eigenvalue weighted by molar-refractivity contribution is 5.99. The Bertz CT molecular complexity index is 832. The standard InChI is InChI=1S/C22H26N2O3/c1-3-24(15-21(25)23-19-9-6-10-20(14-19)27-2)22(26)18-12-11-16-7-4-5-8-17(16)13-18/h6,9-14H,3-5,7-8,15H2,1-2H3,(H,23,25). The number of anilines is 1. The van der Waals surface area contributed by atoms with Crippen molar-refractivity contribution < 1.29 is 14.3 Å². The number of benzene rings is 2.